The highest BCUT2D eigenvalue weighted by Crippen LogP contribution is 2.16. The second kappa shape index (κ2) is 6.79. The number of aryl methyl sites for hydroxylation is 1. The van der Waals surface area contributed by atoms with Gasteiger partial charge in [0.05, 0.1) is 12.3 Å². The molecule has 1 aromatic rings. The van der Waals surface area contributed by atoms with Gasteiger partial charge in [0.15, 0.2) is 0 Å². The molecular formula is C12H19N3O4. The van der Waals surface area contributed by atoms with Crippen LogP contribution in [0.5, 0.6) is 0 Å². The summed E-state index contributed by atoms with van der Waals surface area (Å²) >= 11 is 0. The normalized spacial score (nSPS) is 11.9. The molecule has 2 amide bonds. The summed E-state index contributed by atoms with van der Waals surface area (Å²) in [5.41, 5.74) is 0.889. The first-order chi connectivity index (χ1) is 8.93. The average Bonchev–Trinajstić information content (AvgIpc) is 2.68. The minimum atomic E-state index is -1.11. The van der Waals surface area contributed by atoms with Gasteiger partial charge in [-0.05, 0) is 18.9 Å². The molecule has 4 N–H and O–H groups in total. The Balaban J connectivity index is 2.55. The number of anilines is 1. The second-order valence-electron chi connectivity index (χ2n) is 4.44. The third kappa shape index (κ3) is 4.63. The van der Waals surface area contributed by atoms with Gasteiger partial charge in [-0.1, -0.05) is 6.92 Å². The van der Waals surface area contributed by atoms with E-state index in [1.807, 2.05) is 6.92 Å². The van der Waals surface area contributed by atoms with Crippen LogP contribution in [0.3, 0.4) is 0 Å². The van der Waals surface area contributed by atoms with Crippen molar-refractivity contribution in [1.82, 2.24) is 10.3 Å². The summed E-state index contributed by atoms with van der Waals surface area (Å²) in [5.74, 6) is -0.932. The van der Waals surface area contributed by atoms with Gasteiger partial charge in [-0.15, -0.1) is 0 Å². The highest BCUT2D eigenvalue weighted by Gasteiger charge is 2.15. The molecule has 0 fully saturated rings. The lowest BCUT2D eigenvalue weighted by Crippen LogP contribution is -2.33. The van der Waals surface area contributed by atoms with E-state index in [-0.39, 0.29) is 17.3 Å². The van der Waals surface area contributed by atoms with Crippen LogP contribution in [-0.2, 0) is 4.74 Å². The molecule has 1 atom stereocenters. The molecule has 1 heterocycles. The average molecular weight is 269 g/mol. The van der Waals surface area contributed by atoms with Crippen molar-refractivity contribution in [2.75, 3.05) is 25.6 Å². The summed E-state index contributed by atoms with van der Waals surface area (Å²) in [4.78, 5) is 25.3. The van der Waals surface area contributed by atoms with Crippen LogP contribution in [0.1, 0.15) is 23.1 Å². The Bertz CT molecular complexity index is 456. The van der Waals surface area contributed by atoms with E-state index in [9.17, 15) is 9.59 Å². The molecule has 7 nitrogen and oxygen atoms in total. The summed E-state index contributed by atoms with van der Waals surface area (Å²) in [5, 5.41) is 14.1. The molecule has 19 heavy (non-hydrogen) atoms. The second-order valence-corrected chi connectivity index (χ2v) is 4.44. The fraction of sp³-hybridized carbons (Fsp3) is 0.500. The predicted molar refractivity (Wildman–Crippen MR) is 70.6 cm³/mol. The maximum atomic E-state index is 11.6. The van der Waals surface area contributed by atoms with Crippen molar-refractivity contribution in [3.05, 3.63) is 17.5 Å². The van der Waals surface area contributed by atoms with Gasteiger partial charge in [-0.2, -0.15) is 0 Å². The molecule has 106 valence electrons. The molecule has 0 aliphatic carbocycles. The standard InChI is InChI=1S/C12H19N3O4/c1-7(6-19-3)5-13-12(18)15-9-4-8(2)14-10(9)11(16)17/h4,7,14H,5-6H2,1-3H3,(H,16,17)(H2,13,15,18). The van der Waals surface area contributed by atoms with Crippen LogP contribution in [0.4, 0.5) is 10.5 Å². The van der Waals surface area contributed by atoms with Gasteiger partial charge in [0.25, 0.3) is 0 Å². The molecule has 1 aromatic heterocycles. The van der Waals surface area contributed by atoms with Gasteiger partial charge in [0.1, 0.15) is 5.69 Å². The highest BCUT2D eigenvalue weighted by atomic mass is 16.5. The van der Waals surface area contributed by atoms with Gasteiger partial charge < -0.3 is 25.5 Å². The van der Waals surface area contributed by atoms with Crippen LogP contribution < -0.4 is 10.6 Å². The summed E-state index contributed by atoms with van der Waals surface area (Å²) in [7, 11) is 1.60. The minimum Gasteiger partial charge on any atom is -0.477 e. The van der Waals surface area contributed by atoms with E-state index in [1.165, 1.54) is 0 Å². The van der Waals surface area contributed by atoms with Crippen LogP contribution in [0.25, 0.3) is 0 Å². The smallest absolute Gasteiger partial charge is 0.354 e. The number of ether oxygens (including phenoxy) is 1. The van der Waals surface area contributed by atoms with Gasteiger partial charge in [-0.25, -0.2) is 9.59 Å². The summed E-state index contributed by atoms with van der Waals surface area (Å²) < 4.78 is 4.95. The quantitative estimate of drug-likeness (QED) is 0.627. The SMILES string of the molecule is COCC(C)CNC(=O)Nc1cc(C)[nH]c1C(=O)O. The van der Waals surface area contributed by atoms with Crippen molar-refractivity contribution in [2.24, 2.45) is 5.92 Å². The van der Waals surface area contributed by atoms with E-state index in [1.54, 1.807) is 20.1 Å². The Morgan fingerprint density at radius 3 is 2.79 bits per heavy atom. The fourth-order valence-electron chi connectivity index (χ4n) is 1.63. The maximum absolute atomic E-state index is 11.6. The van der Waals surface area contributed by atoms with E-state index < -0.39 is 12.0 Å². The van der Waals surface area contributed by atoms with E-state index in [4.69, 9.17) is 9.84 Å². The summed E-state index contributed by atoms with van der Waals surface area (Å²) in [6.07, 6.45) is 0. The third-order valence-corrected chi connectivity index (χ3v) is 2.48. The number of carbonyl (C=O) groups excluding carboxylic acids is 1. The van der Waals surface area contributed by atoms with Crippen molar-refractivity contribution in [3.8, 4) is 0 Å². The van der Waals surface area contributed by atoms with E-state index in [0.717, 1.165) is 0 Å². The first-order valence-electron chi connectivity index (χ1n) is 5.90. The molecule has 0 bridgehead atoms. The number of aromatic nitrogens is 1. The Hall–Kier alpha value is -2.02. The lowest BCUT2D eigenvalue weighted by Gasteiger charge is -2.12. The number of aromatic carboxylic acids is 1. The lowest BCUT2D eigenvalue weighted by atomic mass is 10.2. The summed E-state index contributed by atoms with van der Waals surface area (Å²) in [6, 6.07) is 1.13. The highest BCUT2D eigenvalue weighted by molar-refractivity contribution is 5.99. The van der Waals surface area contributed by atoms with E-state index in [2.05, 4.69) is 15.6 Å². The summed E-state index contributed by atoms with van der Waals surface area (Å²) in [6.45, 7) is 4.65. The van der Waals surface area contributed by atoms with Crippen molar-refractivity contribution in [1.29, 1.82) is 0 Å². The number of hydrogen-bond acceptors (Lipinski definition) is 3. The number of amides is 2. The topological polar surface area (TPSA) is 103 Å². The first kappa shape index (κ1) is 15.0. The molecule has 0 radical (unpaired) electrons. The molecule has 0 aromatic carbocycles. The van der Waals surface area contributed by atoms with Crippen molar-refractivity contribution < 1.29 is 19.4 Å². The number of urea groups is 1. The van der Waals surface area contributed by atoms with Crippen molar-refractivity contribution >= 4 is 17.7 Å². The predicted octanol–water partition coefficient (Wildman–Crippen LogP) is 1.43. The fourth-order valence-corrected chi connectivity index (χ4v) is 1.63. The molecular weight excluding hydrogens is 250 g/mol. The number of carboxylic acid groups (broad SMARTS) is 1. The van der Waals surface area contributed by atoms with Crippen LogP contribution in [0, 0.1) is 12.8 Å². The third-order valence-electron chi connectivity index (χ3n) is 2.48. The number of carboxylic acids is 1. The lowest BCUT2D eigenvalue weighted by molar-refractivity contribution is 0.0692. The minimum absolute atomic E-state index is 0.0300. The van der Waals surface area contributed by atoms with Crippen LogP contribution >= 0.6 is 0 Å². The number of aromatic amines is 1. The number of methoxy groups -OCH3 is 1. The molecule has 1 unspecified atom stereocenters. The van der Waals surface area contributed by atoms with Crippen LogP contribution in [0.2, 0.25) is 0 Å². The number of hydrogen-bond donors (Lipinski definition) is 4. The van der Waals surface area contributed by atoms with Gasteiger partial charge in [-0.3, -0.25) is 0 Å². The maximum Gasteiger partial charge on any atom is 0.354 e. The van der Waals surface area contributed by atoms with Crippen LogP contribution in [0.15, 0.2) is 6.07 Å². The number of nitrogens with one attached hydrogen (secondary N) is 3. The Labute approximate surface area is 111 Å². The van der Waals surface area contributed by atoms with Gasteiger partial charge in [0, 0.05) is 19.3 Å². The molecule has 0 spiro atoms. The molecule has 0 aliphatic heterocycles. The monoisotopic (exact) mass is 269 g/mol. The largest absolute Gasteiger partial charge is 0.477 e. The van der Waals surface area contributed by atoms with Gasteiger partial charge >= 0.3 is 12.0 Å². The van der Waals surface area contributed by atoms with Crippen LogP contribution in [-0.4, -0.2) is 42.4 Å². The zero-order valence-electron chi connectivity index (χ0n) is 11.2. The Morgan fingerprint density at radius 2 is 2.21 bits per heavy atom. The zero-order valence-corrected chi connectivity index (χ0v) is 11.2. The van der Waals surface area contributed by atoms with Gasteiger partial charge in [0.2, 0.25) is 0 Å². The molecule has 7 heteroatoms. The zero-order chi connectivity index (χ0) is 14.4. The number of H-pyrrole nitrogens is 1. The Morgan fingerprint density at radius 1 is 1.53 bits per heavy atom. The van der Waals surface area contributed by atoms with E-state index >= 15 is 0 Å². The molecule has 0 saturated heterocycles. The Kier molecular flexibility index (Phi) is 5.37. The first-order valence-corrected chi connectivity index (χ1v) is 5.90. The number of rotatable bonds is 6. The molecule has 0 saturated carbocycles. The van der Waals surface area contributed by atoms with E-state index in [0.29, 0.717) is 18.8 Å². The number of carbonyl (C=O) groups is 2. The van der Waals surface area contributed by atoms with Crippen molar-refractivity contribution in [3.63, 3.8) is 0 Å². The molecule has 1 rings (SSSR count). The molecule has 0 aliphatic rings. The van der Waals surface area contributed by atoms with Crippen molar-refractivity contribution in [2.45, 2.75) is 13.8 Å².